The predicted molar refractivity (Wildman–Crippen MR) is 245 cm³/mol. The molecule has 276 valence electrons. The van der Waals surface area contributed by atoms with E-state index in [2.05, 4.69) is 174 Å². The van der Waals surface area contributed by atoms with Gasteiger partial charge in [-0.3, -0.25) is 0 Å². The van der Waals surface area contributed by atoms with Crippen molar-refractivity contribution < 1.29 is 0 Å². The minimum Gasteiger partial charge on any atom is -0.309 e. The summed E-state index contributed by atoms with van der Waals surface area (Å²) in [4.78, 5) is 26.2. The molecule has 12 aromatic rings. The highest BCUT2D eigenvalue weighted by Gasteiger charge is 2.21. The predicted octanol–water partition coefficient (Wildman–Crippen LogP) is 13.7. The second-order valence-corrected chi connectivity index (χ2v) is 16.6. The maximum Gasteiger partial charge on any atom is 0.164 e. The molecule has 0 aliphatic carbocycles. The minimum atomic E-state index is 0.576. The van der Waals surface area contributed by atoms with Crippen LogP contribution in [0.25, 0.3) is 114 Å². The van der Waals surface area contributed by atoms with Gasteiger partial charge in [-0.25, -0.2) is 24.9 Å². The van der Waals surface area contributed by atoms with Crippen molar-refractivity contribution in [1.82, 2.24) is 29.5 Å². The molecule has 0 saturated heterocycles. The Hall–Kier alpha value is -7.39. The third-order valence-corrected chi connectivity index (χ3v) is 13.0. The number of rotatable bonds is 6. The Morgan fingerprint density at radius 2 is 0.949 bits per heavy atom. The second kappa shape index (κ2) is 13.6. The van der Waals surface area contributed by atoms with Crippen molar-refractivity contribution in [3.05, 3.63) is 182 Å². The Morgan fingerprint density at radius 3 is 1.68 bits per heavy atom. The zero-order valence-electron chi connectivity index (χ0n) is 31.3. The van der Waals surface area contributed by atoms with E-state index in [0.29, 0.717) is 17.5 Å². The highest BCUT2D eigenvalue weighted by molar-refractivity contribution is 7.22. The first-order valence-electron chi connectivity index (χ1n) is 19.4. The number of hydrogen-bond acceptors (Lipinski definition) is 7. The number of thiazole rings is 2. The highest BCUT2D eigenvalue weighted by atomic mass is 32.1. The van der Waals surface area contributed by atoms with Crippen molar-refractivity contribution in [2.75, 3.05) is 0 Å². The molecule has 4 aromatic heterocycles. The van der Waals surface area contributed by atoms with Crippen LogP contribution in [0.15, 0.2) is 182 Å². The number of nitrogens with zero attached hydrogens (tertiary/aromatic N) is 6. The Kier molecular flexibility index (Phi) is 7.79. The van der Waals surface area contributed by atoms with Crippen LogP contribution < -0.4 is 0 Å². The summed E-state index contributed by atoms with van der Waals surface area (Å²) in [7, 11) is 0. The molecule has 0 radical (unpaired) electrons. The molecule has 6 nitrogen and oxygen atoms in total. The summed E-state index contributed by atoms with van der Waals surface area (Å²) in [5.74, 6) is 1.78. The Balaban J connectivity index is 1.13. The topological polar surface area (TPSA) is 69.4 Å². The fourth-order valence-electron chi connectivity index (χ4n) is 8.14. The summed E-state index contributed by atoms with van der Waals surface area (Å²) in [5, 5.41) is 6.36. The standard InChI is InChI=1S/C51H30N6S2/c1-2-15-37(16-3-1)57-42-21-9-6-17-38(42)46-39(18-12-22-43(46)57)49-55-47(33-26-25-31-13-4-5-14-32(31)27-33)54-48(56-49)34-28-35(50-52-40-19-7-10-23-44(40)58-50)30-36(29-34)51-53-41-20-8-11-24-45(41)59-51/h1-30H. The van der Waals surface area contributed by atoms with Gasteiger partial charge < -0.3 is 4.57 Å². The minimum absolute atomic E-state index is 0.576. The maximum absolute atomic E-state index is 5.39. The molecule has 0 atom stereocenters. The summed E-state index contributed by atoms with van der Waals surface area (Å²) in [6.07, 6.45) is 0. The zero-order valence-corrected chi connectivity index (χ0v) is 33.0. The molecule has 0 N–H and O–H groups in total. The molecule has 0 spiro atoms. The van der Waals surface area contributed by atoms with Crippen LogP contribution in [0.4, 0.5) is 0 Å². The van der Waals surface area contributed by atoms with E-state index in [1.165, 1.54) is 0 Å². The highest BCUT2D eigenvalue weighted by Crippen LogP contribution is 2.41. The second-order valence-electron chi connectivity index (χ2n) is 14.5. The third kappa shape index (κ3) is 5.80. The zero-order chi connectivity index (χ0) is 38.9. The summed E-state index contributed by atoms with van der Waals surface area (Å²) in [6.45, 7) is 0. The summed E-state index contributed by atoms with van der Waals surface area (Å²) in [5.41, 5.74) is 9.94. The van der Waals surface area contributed by atoms with Gasteiger partial charge in [0.05, 0.1) is 31.5 Å². The summed E-state index contributed by atoms with van der Waals surface area (Å²) < 4.78 is 4.60. The lowest BCUT2D eigenvalue weighted by Crippen LogP contribution is -2.01. The Labute approximate surface area is 346 Å². The van der Waals surface area contributed by atoms with Gasteiger partial charge in [0.25, 0.3) is 0 Å². The molecule has 12 rings (SSSR count). The van der Waals surface area contributed by atoms with Crippen molar-refractivity contribution in [2.45, 2.75) is 0 Å². The molecule has 59 heavy (non-hydrogen) atoms. The largest absolute Gasteiger partial charge is 0.309 e. The first-order chi connectivity index (χ1) is 29.2. The summed E-state index contributed by atoms with van der Waals surface area (Å²) in [6, 6.07) is 63.4. The van der Waals surface area contributed by atoms with Crippen molar-refractivity contribution in [1.29, 1.82) is 0 Å². The molecule has 0 aliphatic heterocycles. The Bertz CT molecular complexity index is 3430. The lowest BCUT2D eigenvalue weighted by Gasteiger charge is -2.12. The number of hydrogen-bond donors (Lipinski definition) is 0. The smallest absolute Gasteiger partial charge is 0.164 e. The molecule has 0 saturated carbocycles. The van der Waals surface area contributed by atoms with E-state index in [1.54, 1.807) is 22.7 Å². The van der Waals surface area contributed by atoms with Crippen molar-refractivity contribution in [3.8, 4) is 61.0 Å². The van der Waals surface area contributed by atoms with Gasteiger partial charge in [-0.05, 0) is 83.6 Å². The molecule has 0 aliphatic rings. The van der Waals surface area contributed by atoms with E-state index in [-0.39, 0.29) is 0 Å². The van der Waals surface area contributed by atoms with E-state index in [1.807, 2.05) is 12.1 Å². The molecular formula is C51H30N6S2. The average Bonchev–Trinajstić information content (AvgIpc) is 4.03. The van der Waals surface area contributed by atoms with Crippen molar-refractivity contribution >= 4 is 75.7 Å². The van der Waals surface area contributed by atoms with E-state index in [9.17, 15) is 0 Å². The van der Waals surface area contributed by atoms with E-state index < -0.39 is 0 Å². The molecule has 0 fully saturated rings. The number of para-hydroxylation sites is 4. The first-order valence-corrected chi connectivity index (χ1v) is 21.0. The van der Waals surface area contributed by atoms with Crippen LogP contribution in [-0.4, -0.2) is 29.5 Å². The molecule has 8 aromatic carbocycles. The van der Waals surface area contributed by atoms with Crippen LogP contribution >= 0.6 is 22.7 Å². The first kappa shape index (κ1) is 33.7. The SMILES string of the molecule is c1ccc(-n2c3ccccc3c3c(-c4nc(-c5cc(-c6nc7ccccc7s6)cc(-c6nc7ccccc7s6)c5)nc(-c5ccc6ccccc6c5)n4)cccc32)cc1. The maximum atomic E-state index is 5.39. The quantitative estimate of drug-likeness (QED) is 0.168. The molecular weight excluding hydrogens is 761 g/mol. The molecule has 0 unspecified atom stereocenters. The summed E-state index contributed by atoms with van der Waals surface area (Å²) >= 11 is 3.37. The fourth-order valence-corrected chi connectivity index (χ4v) is 10.0. The number of benzene rings is 8. The van der Waals surface area contributed by atoms with Crippen LogP contribution in [0, 0.1) is 0 Å². The van der Waals surface area contributed by atoms with Crippen LogP contribution in [0.3, 0.4) is 0 Å². The van der Waals surface area contributed by atoms with Crippen LogP contribution in [0.2, 0.25) is 0 Å². The van der Waals surface area contributed by atoms with E-state index in [4.69, 9.17) is 24.9 Å². The number of aromatic nitrogens is 6. The van der Waals surface area contributed by atoms with Crippen molar-refractivity contribution in [2.24, 2.45) is 0 Å². The van der Waals surface area contributed by atoms with Crippen molar-refractivity contribution in [3.63, 3.8) is 0 Å². The van der Waals surface area contributed by atoms with Crippen LogP contribution in [-0.2, 0) is 0 Å². The van der Waals surface area contributed by atoms with Gasteiger partial charge in [-0.2, -0.15) is 0 Å². The van der Waals surface area contributed by atoms with Gasteiger partial charge in [0.2, 0.25) is 0 Å². The van der Waals surface area contributed by atoms with E-state index >= 15 is 0 Å². The molecule has 0 bridgehead atoms. The Morgan fingerprint density at radius 1 is 0.373 bits per heavy atom. The average molecular weight is 791 g/mol. The molecule has 4 heterocycles. The van der Waals surface area contributed by atoms with Gasteiger partial charge in [0.1, 0.15) is 10.0 Å². The normalized spacial score (nSPS) is 11.7. The third-order valence-electron chi connectivity index (χ3n) is 10.9. The van der Waals surface area contributed by atoms with Crippen LogP contribution in [0.1, 0.15) is 0 Å². The lowest BCUT2D eigenvalue weighted by molar-refractivity contribution is 1.08. The fraction of sp³-hybridized carbons (Fsp3) is 0. The van der Waals surface area contributed by atoms with Crippen LogP contribution in [0.5, 0.6) is 0 Å². The monoisotopic (exact) mass is 790 g/mol. The van der Waals surface area contributed by atoms with Gasteiger partial charge in [-0.15, -0.1) is 22.7 Å². The van der Waals surface area contributed by atoms with E-state index in [0.717, 1.165) is 96.5 Å². The molecule has 8 heteroatoms. The lowest BCUT2D eigenvalue weighted by atomic mass is 10.0. The molecule has 0 amide bonds. The van der Waals surface area contributed by atoms with Gasteiger partial charge in [0, 0.05) is 44.3 Å². The van der Waals surface area contributed by atoms with Gasteiger partial charge in [-0.1, -0.05) is 109 Å². The van der Waals surface area contributed by atoms with Gasteiger partial charge >= 0.3 is 0 Å². The number of fused-ring (bicyclic) bond motifs is 6. The van der Waals surface area contributed by atoms with Gasteiger partial charge in [0.15, 0.2) is 17.5 Å².